The highest BCUT2D eigenvalue weighted by atomic mass is 16.1. The number of aryl methyl sites for hydroxylation is 2. The van der Waals surface area contributed by atoms with E-state index in [2.05, 4.69) is 21.4 Å². The van der Waals surface area contributed by atoms with Crippen molar-refractivity contribution < 1.29 is 4.79 Å². The Hall–Kier alpha value is -1.71. The summed E-state index contributed by atoms with van der Waals surface area (Å²) in [6.45, 7) is 4.36. The lowest BCUT2D eigenvalue weighted by Gasteiger charge is -2.13. The molecular formula is C15H21N3O. The van der Waals surface area contributed by atoms with Crippen LogP contribution in [-0.2, 0) is 0 Å². The average molecular weight is 259 g/mol. The Kier molecular flexibility index (Phi) is 4.66. The molecule has 0 aliphatic heterocycles. The average Bonchev–Trinajstić information content (AvgIpc) is 2.39. The molecule has 0 saturated carbocycles. The second-order valence-electron chi connectivity index (χ2n) is 5.03. The van der Waals surface area contributed by atoms with E-state index >= 15 is 0 Å². The van der Waals surface area contributed by atoms with E-state index in [-0.39, 0.29) is 5.91 Å². The highest BCUT2D eigenvalue weighted by Crippen LogP contribution is 2.19. The van der Waals surface area contributed by atoms with Crippen molar-refractivity contribution in [3.63, 3.8) is 0 Å². The zero-order chi connectivity index (χ0) is 13.7. The zero-order valence-corrected chi connectivity index (χ0v) is 11.7. The summed E-state index contributed by atoms with van der Waals surface area (Å²) in [7, 11) is 0. The minimum absolute atomic E-state index is 0.0751. The van der Waals surface area contributed by atoms with Gasteiger partial charge in [-0.05, 0) is 46.0 Å². The summed E-state index contributed by atoms with van der Waals surface area (Å²) in [5.74, 6) is 0.621. The van der Waals surface area contributed by atoms with E-state index in [9.17, 15) is 4.79 Å². The molecule has 4 nitrogen and oxygen atoms in total. The van der Waals surface area contributed by atoms with Gasteiger partial charge in [-0.1, -0.05) is 11.6 Å². The van der Waals surface area contributed by atoms with Crippen LogP contribution in [0.25, 0.3) is 0 Å². The summed E-state index contributed by atoms with van der Waals surface area (Å²) in [5, 5.41) is 2.95. The molecule has 0 aromatic carbocycles. The lowest BCUT2D eigenvalue weighted by molar-refractivity contribution is 0.0952. The summed E-state index contributed by atoms with van der Waals surface area (Å²) in [4.78, 5) is 20.3. The third kappa shape index (κ3) is 3.88. The van der Waals surface area contributed by atoms with E-state index in [0.717, 1.165) is 12.1 Å². The maximum absolute atomic E-state index is 12.0. The number of allylic oxidation sites excluding steroid dienone is 1. The molecule has 0 spiro atoms. The Morgan fingerprint density at radius 3 is 2.89 bits per heavy atom. The van der Waals surface area contributed by atoms with Crippen LogP contribution in [0.5, 0.6) is 0 Å². The van der Waals surface area contributed by atoms with Crippen LogP contribution in [0.3, 0.4) is 0 Å². The van der Waals surface area contributed by atoms with Gasteiger partial charge in [-0.3, -0.25) is 4.79 Å². The molecule has 0 atom stereocenters. The minimum Gasteiger partial charge on any atom is -0.352 e. The number of amides is 1. The van der Waals surface area contributed by atoms with Gasteiger partial charge in [-0.15, -0.1) is 0 Å². The van der Waals surface area contributed by atoms with E-state index < -0.39 is 0 Å². The Bertz CT molecular complexity index is 494. The molecular weight excluding hydrogens is 238 g/mol. The fourth-order valence-corrected chi connectivity index (χ4v) is 2.37. The van der Waals surface area contributed by atoms with Gasteiger partial charge in [0, 0.05) is 12.7 Å². The maximum atomic E-state index is 12.0. The molecule has 1 aromatic rings. The van der Waals surface area contributed by atoms with Gasteiger partial charge in [0.25, 0.3) is 5.91 Å². The van der Waals surface area contributed by atoms with Crippen LogP contribution in [-0.4, -0.2) is 22.4 Å². The predicted octanol–water partition coefficient (Wildman–Crippen LogP) is 2.71. The van der Waals surface area contributed by atoms with Gasteiger partial charge in [-0.2, -0.15) is 0 Å². The van der Waals surface area contributed by atoms with Crippen molar-refractivity contribution in [1.82, 2.24) is 15.3 Å². The predicted molar refractivity (Wildman–Crippen MR) is 75.0 cm³/mol. The van der Waals surface area contributed by atoms with Crippen molar-refractivity contribution >= 4 is 5.91 Å². The third-order valence-electron chi connectivity index (χ3n) is 3.46. The molecule has 1 N–H and O–H groups in total. The summed E-state index contributed by atoms with van der Waals surface area (Å²) in [6.07, 6.45) is 9.83. The molecule has 1 aliphatic carbocycles. The number of nitrogens with one attached hydrogen (secondary N) is 1. The first-order valence-electron chi connectivity index (χ1n) is 6.93. The molecule has 0 bridgehead atoms. The van der Waals surface area contributed by atoms with Crippen molar-refractivity contribution in [2.45, 2.75) is 46.0 Å². The van der Waals surface area contributed by atoms with Crippen LogP contribution < -0.4 is 5.32 Å². The fourth-order valence-electron chi connectivity index (χ4n) is 2.37. The number of hydrogen-bond acceptors (Lipinski definition) is 3. The Labute approximate surface area is 114 Å². The van der Waals surface area contributed by atoms with Crippen molar-refractivity contribution in [3.8, 4) is 0 Å². The molecule has 0 saturated heterocycles. The fraction of sp³-hybridized carbons (Fsp3) is 0.533. The van der Waals surface area contributed by atoms with E-state index in [1.165, 1.54) is 31.3 Å². The topological polar surface area (TPSA) is 54.9 Å². The van der Waals surface area contributed by atoms with Crippen molar-refractivity contribution in [3.05, 3.63) is 34.9 Å². The van der Waals surface area contributed by atoms with Crippen molar-refractivity contribution in [2.75, 3.05) is 6.54 Å². The SMILES string of the molecule is Cc1ncc(C(=O)NCCC2=CCCCC2)c(C)n1. The highest BCUT2D eigenvalue weighted by molar-refractivity contribution is 5.94. The van der Waals surface area contributed by atoms with E-state index in [4.69, 9.17) is 0 Å². The Balaban J connectivity index is 1.85. The number of carbonyl (C=O) groups excluding carboxylic acids is 1. The van der Waals surface area contributed by atoms with Crippen molar-refractivity contribution in [2.24, 2.45) is 0 Å². The molecule has 1 aromatic heterocycles. The summed E-state index contributed by atoms with van der Waals surface area (Å²) in [6, 6.07) is 0. The highest BCUT2D eigenvalue weighted by Gasteiger charge is 2.11. The molecule has 2 rings (SSSR count). The second-order valence-corrected chi connectivity index (χ2v) is 5.03. The number of carbonyl (C=O) groups is 1. The normalized spacial score (nSPS) is 14.9. The monoisotopic (exact) mass is 259 g/mol. The van der Waals surface area contributed by atoms with Gasteiger partial charge in [0.05, 0.1) is 11.3 Å². The van der Waals surface area contributed by atoms with Gasteiger partial charge < -0.3 is 5.32 Å². The van der Waals surface area contributed by atoms with E-state index in [1.54, 1.807) is 6.20 Å². The third-order valence-corrected chi connectivity index (χ3v) is 3.46. The molecule has 1 heterocycles. The smallest absolute Gasteiger partial charge is 0.254 e. The lowest BCUT2D eigenvalue weighted by Crippen LogP contribution is -2.26. The lowest BCUT2D eigenvalue weighted by atomic mass is 9.97. The van der Waals surface area contributed by atoms with Gasteiger partial charge in [-0.25, -0.2) is 9.97 Å². The van der Waals surface area contributed by atoms with Crippen LogP contribution in [0, 0.1) is 13.8 Å². The van der Waals surface area contributed by atoms with Crippen LogP contribution >= 0.6 is 0 Å². The number of hydrogen-bond donors (Lipinski definition) is 1. The first-order valence-corrected chi connectivity index (χ1v) is 6.93. The maximum Gasteiger partial charge on any atom is 0.254 e. The summed E-state index contributed by atoms with van der Waals surface area (Å²) < 4.78 is 0. The Morgan fingerprint density at radius 1 is 1.37 bits per heavy atom. The van der Waals surface area contributed by atoms with Crippen molar-refractivity contribution in [1.29, 1.82) is 0 Å². The first kappa shape index (κ1) is 13.7. The van der Waals surface area contributed by atoms with Crippen LogP contribution in [0.15, 0.2) is 17.8 Å². The van der Waals surface area contributed by atoms with Crippen LogP contribution in [0.4, 0.5) is 0 Å². The minimum atomic E-state index is -0.0751. The quantitative estimate of drug-likeness (QED) is 0.846. The summed E-state index contributed by atoms with van der Waals surface area (Å²) in [5.41, 5.74) is 2.79. The number of nitrogens with zero attached hydrogens (tertiary/aromatic N) is 2. The van der Waals surface area contributed by atoms with Gasteiger partial charge >= 0.3 is 0 Å². The Morgan fingerprint density at radius 2 is 2.21 bits per heavy atom. The van der Waals surface area contributed by atoms with E-state index in [0.29, 0.717) is 17.9 Å². The standard InChI is InChI=1S/C15H21N3O/c1-11-14(10-17-12(2)18-11)15(19)16-9-8-13-6-4-3-5-7-13/h6,10H,3-5,7-9H2,1-2H3,(H,16,19). The van der Waals surface area contributed by atoms with Gasteiger partial charge in [0.1, 0.15) is 5.82 Å². The zero-order valence-electron chi connectivity index (χ0n) is 11.7. The second kappa shape index (κ2) is 6.45. The van der Waals surface area contributed by atoms with E-state index in [1.807, 2.05) is 13.8 Å². The molecule has 1 aliphatic rings. The molecule has 0 radical (unpaired) electrons. The molecule has 4 heteroatoms. The molecule has 0 unspecified atom stereocenters. The number of aromatic nitrogens is 2. The molecule has 102 valence electrons. The first-order chi connectivity index (χ1) is 9.16. The van der Waals surface area contributed by atoms with Gasteiger partial charge in [0.15, 0.2) is 0 Å². The van der Waals surface area contributed by atoms with Gasteiger partial charge in [0.2, 0.25) is 0 Å². The van der Waals surface area contributed by atoms with Crippen LogP contribution in [0.1, 0.15) is 54.0 Å². The molecule has 1 amide bonds. The van der Waals surface area contributed by atoms with Crippen LogP contribution in [0.2, 0.25) is 0 Å². The largest absolute Gasteiger partial charge is 0.352 e. The molecule has 0 fully saturated rings. The number of rotatable bonds is 4. The molecule has 19 heavy (non-hydrogen) atoms. The summed E-state index contributed by atoms with van der Waals surface area (Å²) >= 11 is 0.